The number of hydrogen-bond donors (Lipinski definition) is 2. The molecular formula is C31H36N2O6S. The molecule has 6 aliphatic rings. The normalized spacial score (nSPS) is 31.1. The Morgan fingerprint density at radius 1 is 1.15 bits per heavy atom. The van der Waals surface area contributed by atoms with Crippen LogP contribution in [0.4, 0.5) is 0 Å². The Morgan fingerprint density at radius 2 is 1.95 bits per heavy atom. The first kappa shape index (κ1) is 25.1. The van der Waals surface area contributed by atoms with E-state index >= 15 is 0 Å². The molecule has 0 unspecified atom stereocenters. The van der Waals surface area contributed by atoms with E-state index in [1.807, 2.05) is 0 Å². The summed E-state index contributed by atoms with van der Waals surface area (Å²) in [6.45, 7) is 3.21. The minimum Gasteiger partial charge on any atom is -0.493 e. The molecule has 2 bridgehead atoms. The van der Waals surface area contributed by atoms with Gasteiger partial charge in [0, 0.05) is 36.5 Å². The molecule has 1 saturated heterocycles. The van der Waals surface area contributed by atoms with Gasteiger partial charge < -0.3 is 19.1 Å². The molecule has 2 N–H and O–H groups in total. The minimum atomic E-state index is -3.67. The maximum absolute atomic E-state index is 13.1. The fraction of sp³-hybridized carbons (Fsp3) is 0.548. The van der Waals surface area contributed by atoms with E-state index in [0.29, 0.717) is 6.26 Å². The zero-order valence-corrected chi connectivity index (χ0v) is 23.8. The molecule has 8 nitrogen and oxygen atoms in total. The highest BCUT2D eigenvalue weighted by Gasteiger charge is 2.73. The summed E-state index contributed by atoms with van der Waals surface area (Å²) in [6, 6.07) is 11.3. The van der Waals surface area contributed by atoms with Crippen LogP contribution in [0, 0.1) is 5.92 Å². The average Bonchev–Trinajstić information content (AvgIpc) is 3.58. The molecule has 2 fully saturated rings. The number of piperidine rings is 1. The maximum atomic E-state index is 13.1. The molecule has 212 valence electrons. The maximum Gasteiger partial charge on any atom is 0.261 e. The van der Waals surface area contributed by atoms with Crippen LogP contribution >= 0.6 is 0 Å². The SMILES string of the molecule is COc1ccc2c3c1O[C@H]1c4c(c5cccc6c5n4CCC6)C[C@@]4(O)[C@H](C2)N(CC2CC2)CC[C@]314.CS(=O)(=O)O. The van der Waals surface area contributed by atoms with Crippen LogP contribution in [0.3, 0.4) is 0 Å². The first-order valence-electron chi connectivity index (χ1n) is 14.5. The van der Waals surface area contributed by atoms with Crippen molar-refractivity contribution >= 4 is 21.0 Å². The highest BCUT2D eigenvalue weighted by atomic mass is 32.2. The van der Waals surface area contributed by atoms with Crippen molar-refractivity contribution in [3.05, 3.63) is 58.3 Å². The van der Waals surface area contributed by atoms with Gasteiger partial charge in [0.05, 0.1) is 35.6 Å². The third kappa shape index (κ3) is 3.26. The molecule has 3 aliphatic carbocycles. The fourth-order valence-corrected chi connectivity index (χ4v) is 9.00. The van der Waals surface area contributed by atoms with Gasteiger partial charge in [-0.3, -0.25) is 9.45 Å². The molecule has 1 aromatic heterocycles. The predicted molar refractivity (Wildman–Crippen MR) is 151 cm³/mol. The number of likely N-dealkylation sites (tertiary alicyclic amines) is 1. The Kier molecular flexibility index (Phi) is 5.18. The lowest BCUT2D eigenvalue weighted by atomic mass is 9.49. The molecule has 0 radical (unpaired) electrons. The van der Waals surface area contributed by atoms with Crippen molar-refractivity contribution in [2.45, 2.75) is 74.7 Å². The van der Waals surface area contributed by atoms with Gasteiger partial charge in [-0.05, 0) is 73.7 Å². The summed E-state index contributed by atoms with van der Waals surface area (Å²) in [4.78, 5) is 2.65. The Balaban J connectivity index is 0.000000455. The monoisotopic (exact) mass is 564 g/mol. The average molecular weight is 565 g/mol. The summed E-state index contributed by atoms with van der Waals surface area (Å²) in [5.41, 5.74) is 6.86. The van der Waals surface area contributed by atoms with Crippen LogP contribution in [0.25, 0.3) is 10.9 Å². The van der Waals surface area contributed by atoms with Gasteiger partial charge in [-0.1, -0.05) is 24.3 Å². The lowest BCUT2D eigenvalue weighted by molar-refractivity contribution is -0.173. The van der Waals surface area contributed by atoms with Gasteiger partial charge in [-0.25, -0.2) is 0 Å². The number of fused-ring (bicyclic) bond motifs is 4. The Hall–Kier alpha value is -2.59. The van der Waals surface area contributed by atoms with E-state index < -0.39 is 21.1 Å². The molecule has 3 aromatic rings. The summed E-state index contributed by atoms with van der Waals surface area (Å²) in [5, 5.41) is 14.4. The van der Waals surface area contributed by atoms with Crippen LogP contribution in [0.1, 0.15) is 59.7 Å². The molecular weight excluding hydrogens is 528 g/mol. The summed E-state index contributed by atoms with van der Waals surface area (Å²) >= 11 is 0. The van der Waals surface area contributed by atoms with Gasteiger partial charge in [-0.2, -0.15) is 8.42 Å². The number of rotatable bonds is 3. The van der Waals surface area contributed by atoms with Crippen molar-refractivity contribution in [1.29, 1.82) is 0 Å². The Bertz CT molecular complexity index is 1670. The lowest BCUT2D eigenvalue weighted by Crippen LogP contribution is -2.74. The van der Waals surface area contributed by atoms with E-state index in [9.17, 15) is 13.5 Å². The zero-order valence-electron chi connectivity index (χ0n) is 23.0. The number of nitrogens with zero attached hydrogens (tertiary/aromatic N) is 2. The number of aryl methyl sites for hydroxylation is 2. The molecule has 1 saturated carbocycles. The smallest absolute Gasteiger partial charge is 0.261 e. The van der Waals surface area contributed by atoms with E-state index in [1.54, 1.807) is 7.11 Å². The highest BCUT2D eigenvalue weighted by molar-refractivity contribution is 7.85. The van der Waals surface area contributed by atoms with Gasteiger partial charge in [0.2, 0.25) is 0 Å². The fourth-order valence-electron chi connectivity index (χ4n) is 9.00. The number of methoxy groups -OCH3 is 1. The quantitative estimate of drug-likeness (QED) is 0.467. The second-order valence-electron chi connectivity index (χ2n) is 12.8. The molecule has 2 aromatic carbocycles. The van der Waals surface area contributed by atoms with Crippen molar-refractivity contribution < 1.29 is 27.6 Å². The number of aromatic nitrogens is 1. The Labute approximate surface area is 234 Å². The lowest BCUT2D eigenvalue weighted by Gasteiger charge is -2.63. The standard InChI is InChI=1S/C30H32N2O3.CH4O3S/c1-34-22-10-9-19-14-23-30(33)15-21-20-6-2-4-18-5-3-12-32(25(18)20)26(21)28-29(30,24(19)27(22)35-28)11-13-31(23)16-17-7-8-17;1-5(2,3)4/h2,4,6,9-10,17,23,28,33H,3,5,7-8,11-16H2,1H3;1H3,(H,2,3,4)/t23-,28-,29-,30+;/m0./s1. The Morgan fingerprint density at radius 3 is 2.70 bits per heavy atom. The van der Waals surface area contributed by atoms with Crippen LogP contribution in [-0.2, 0) is 41.3 Å². The second kappa shape index (κ2) is 8.25. The van der Waals surface area contributed by atoms with Gasteiger partial charge in [0.25, 0.3) is 10.1 Å². The third-order valence-electron chi connectivity index (χ3n) is 10.6. The number of benzene rings is 2. The van der Waals surface area contributed by atoms with Crippen molar-refractivity contribution in [2.75, 3.05) is 26.5 Å². The van der Waals surface area contributed by atoms with Crippen molar-refractivity contribution in [1.82, 2.24) is 9.47 Å². The first-order chi connectivity index (χ1) is 19.1. The van der Waals surface area contributed by atoms with E-state index in [2.05, 4.69) is 39.8 Å². The molecule has 9 rings (SSSR count). The molecule has 40 heavy (non-hydrogen) atoms. The molecule has 4 heterocycles. The van der Waals surface area contributed by atoms with Crippen molar-refractivity contribution in [3.8, 4) is 11.5 Å². The minimum absolute atomic E-state index is 0.134. The first-order valence-corrected chi connectivity index (χ1v) is 16.4. The van der Waals surface area contributed by atoms with Gasteiger partial charge in [-0.15, -0.1) is 0 Å². The number of ether oxygens (including phenoxy) is 2. The van der Waals surface area contributed by atoms with Crippen molar-refractivity contribution in [3.63, 3.8) is 0 Å². The summed E-state index contributed by atoms with van der Waals surface area (Å²) in [6.07, 6.45) is 8.10. The number of hydrogen-bond acceptors (Lipinski definition) is 6. The molecule has 0 amide bonds. The second-order valence-corrected chi connectivity index (χ2v) is 14.2. The van der Waals surface area contributed by atoms with Crippen LogP contribution in [0.15, 0.2) is 30.3 Å². The molecule has 9 heteroatoms. The van der Waals surface area contributed by atoms with E-state index in [4.69, 9.17) is 14.0 Å². The van der Waals surface area contributed by atoms with Gasteiger partial charge in [0.1, 0.15) is 0 Å². The van der Waals surface area contributed by atoms with Crippen LogP contribution in [0.2, 0.25) is 0 Å². The molecule has 1 spiro atoms. The summed E-state index contributed by atoms with van der Waals surface area (Å²) in [7, 11) is -1.93. The van der Waals surface area contributed by atoms with Crippen LogP contribution < -0.4 is 9.47 Å². The van der Waals surface area contributed by atoms with Crippen LogP contribution in [0.5, 0.6) is 11.5 Å². The number of aliphatic hydroxyl groups is 1. The predicted octanol–water partition coefficient (Wildman–Crippen LogP) is 3.80. The summed E-state index contributed by atoms with van der Waals surface area (Å²) in [5.74, 6) is 2.52. The van der Waals surface area contributed by atoms with E-state index in [0.717, 1.165) is 69.2 Å². The number of para-hydroxylation sites is 1. The topological polar surface area (TPSA) is 101 Å². The van der Waals surface area contributed by atoms with E-state index in [1.165, 1.54) is 51.7 Å². The van der Waals surface area contributed by atoms with Crippen molar-refractivity contribution in [2.24, 2.45) is 5.92 Å². The molecule has 3 aliphatic heterocycles. The highest BCUT2D eigenvalue weighted by Crippen LogP contribution is 2.69. The largest absolute Gasteiger partial charge is 0.493 e. The summed E-state index contributed by atoms with van der Waals surface area (Å²) < 4.78 is 41.3. The van der Waals surface area contributed by atoms with E-state index in [-0.39, 0.29) is 12.1 Å². The van der Waals surface area contributed by atoms with Crippen LogP contribution in [-0.4, -0.2) is 65.6 Å². The molecule has 4 atom stereocenters. The third-order valence-corrected chi connectivity index (χ3v) is 10.6. The van der Waals surface area contributed by atoms with Gasteiger partial charge >= 0.3 is 0 Å². The van der Waals surface area contributed by atoms with Gasteiger partial charge in [0.15, 0.2) is 17.6 Å². The zero-order chi connectivity index (χ0) is 27.6.